The summed E-state index contributed by atoms with van der Waals surface area (Å²) in [4.78, 5) is 0. The fourth-order valence-electron chi connectivity index (χ4n) is 1.76. The predicted octanol–water partition coefficient (Wildman–Crippen LogP) is 2.52. The van der Waals surface area contributed by atoms with Crippen molar-refractivity contribution in [2.75, 3.05) is 25.6 Å². The van der Waals surface area contributed by atoms with E-state index in [9.17, 15) is 0 Å². The molecule has 0 aliphatic carbocycles. The molecule has 1 aromatic heterocycles. The molecule has 0 radical (unpaired) electrons. The van der Waals surface area contributed by atoms with Gasteiger partial charge in [-0.1, -0.05) is 29.8 Å². The van der Waals surface area contributed by atoms with Crippen LogP contribution in [-0.2, 0) is 11.3 Å². The maximum atomic E-state index is 6.14. The summed E-state index contributed by atoms with van der Waals surface area (Å²) in [7, 11) is 1.65. The molecular formula is C14H17ClN4OS. The molecule has 0 unspecified atom stereocenters. The number of hydrogen-bond donors (Lipinski definition) is 2. The van der Waals surface area contributed by atoms with Gasteiger partial charge >= 0.3 is 0 Å². The average molecular weight is 325 g/mol. The number of halogens is 1. The first kappa shape index (κ1) is 15.8. The molecule has 21 heavy (non-hydrogen) atoms. The van der Waals surface area contributed by atoms with E-state index in [1.54, 1.807) is 18.0 Å². The van der Waals surface area contributed by atoms with Gasteiger partial charge in [0.25, 0.3) is 0 Å². The first-order chi connectivity index (χ1) is 10.2. The maximum absolute atomic E-state index is 6.14. The van der Waals surface area contributed by atoms with Gasteiger partial charge in [0.2, 0.25) is 0 Å². The molecule has 1 aromatic carbocycles. The quantitative estimate of drug-likeness (QED) is 0.631. The minimum atomic E-state index is 0.546. The summed E-state index contributed by atoms with van der Waals surface area (Å²) in [6.07, 6.45) is 3.61. The standard InChI is InChI=1S/C14H17ClN4OS/c1-20-7-6-16-14(21)18-12-8-17-19(10-12)9-11-4-2-3-5-13(11)15/h2-5,8,10H,6-7,9H2,1H3,(H2,16,18,21). The van der Waals surface area contributed by atoms with E-state index in [0.717, 1.165) is 16.3 Å². The molecule has 2 aromatic rings. The number of nitrogens with zero attached hydrogens (tertiary/aromatic N) is 2. The number of nitrogens with one attached hydrogen (secondary N) is 2. The summed E-state index contributed by atoms with van der Waals surface area (Å²) in [6.45, 7) is 1.88. The fraction of sp³-hybridized carbons (Fsp3) is 0.286. The third-order valence-electron chi connectivity index (χ3n) is 2.77. The molecule has 2 rings (SSSR count). The summed E-state index contributed by atoms with van der Waals surface area (Å²) in [6, 6.07) is 7.72. The van der Waals surface area contributed by atoms with Gasteiger partial charge < -0.3 is 15.4 Å². The predicted molar refractivity (Wildman–Crippen MR) is 88.9 cm³/mol. The van der Waals surface area contributed by atoms with Crippen LogP contribution >= 0.6 is 23.8 Å². The number of ether oxygens (including phenoxy) is 1. The zero-order valence-electron chi connectivity index (χ0n) is 11.7. The number of rotatable bonds is 6. The molecule has 0 atom stereocenters. The van der Waals surface area contributed by atoms with Crippen LogP contribution in [0.15, 0.2) is 36.7 Å². The second-order valence-corrected chi connectivity index (χ2v) is 5.21. The fourth-order valence-corrected chi connectivity index (χ4v) is 2.17. The van der Waals surface area contributed by atoms with Crippen molar-refractivity contribution >= 4 is 34.6 Å². The summed E-state index contributed by atoms with van der Waals surface area (Å²) in [5.41, 5.74) is 1.85. The van der Waals surface area contributed by atoms with Crippen molar-refractivity contribution in [3.05, 3.63) is 47.2 Å². The number of methoxy groups -OCH3 is 1. The van der Waals surface area contributed by atoms with E-state index >= 15 is 0 Å². The third-order valence-corrected chi connectivity index (χ3v) is 3.39. The van der Waals surface area contributed by atoms with Crippen molar-refractivity contribution in [2.45, 2.75) is 6.54 Å². The van der Waals surface area contributed by atoms with E-state index in [0.29, 0.717) is 24.8 Å². The number of benzene rings is 1. The molecule has 0 aliphatic heterocycles. The van der Waals surface area contributed by atoms with Crippen LogP contribution in [0.1, 0.15) is 5.56 Å². The Morgan fingerprint density at radius 3 is 3.00 bits per heavy atom. The van der Waals surface area contributed by atoms with Crippen LogP contribution in [0, 0.1) is 0 Å². The molecule has 112 valence electrons. The lowest BCUT2D eigenvalue weighted by Gasteiger charge is -2.08. The highest BCUT2D eigenvalue weighted by Gasteiger charge is 2.04. The Balaban J connectivity index is 1.89. The molecule has 0 saturated heterocycles. The lowest BCUT2D eigenvalue weighted by Crippen LogP contribution is -2.30. The van der Waals surface area contributed by atoms with E-state index in [4.69, 9.17) is 28.6 Å². The number of thiocarbonyl (C=S) groups is 1. The zero-order valence-corrected chi connectivity index (χ0v) is 13.2. The summed E-state index contributed by atoms with van der Waals surface area (Å²) in [5.74, 6) is 0. The van der Waals surface area contributed by atoms with Gasteiger partial charge in [0.1, 0.15) is 0 Å². The Labute approximate surface area is 134 Å². The molecule has 2 N–H and O–H groups in total. The SMILES string of the molecule is COCCNC(=S)Nc1cnn(Cc2ccccc2Cl)c1. The average Bonchev–Trinajstić information content (AvgIpc) is 2.89. The van der Waals surface area contributed by atoms with Crippen LogP contribution in [0.4, 0.5) is 5.69 Å². The lowest BCUT2D eigenvalue weighted by molar-refractivity contribution is 0.204. The smallest absolute Gasteiger partial charge is 0.170 e. The normalized spacial score (nSPS) is 10.4. The van der Waals surface area contributed by atoms with E-state index in [2.05, 4.69) is 15.7 Å². The van der Waals surface area contributed by atoms with Crippen molar-refractivity contribution < 1.29 is 4.74 Å². The highest BCUT2D eigenvalue weighted by Crippen LogP contribution is 2.16. The van der Waals surface area contributed by atoms with E-state index < -0.39 is 0 Å². The molecule has 0 fully saturated rings. The van der Waals surface area contributed by atoms with Crippen LogP contribution in [-0.4, -0.2) is 35.2 Å². The van der Waals surface area contributed by atoms with Crippen LogP contribution in [0.3, 0.4) is 0 Å². The molecule has 0 bridgehead atoms. The van der Waals surface area contributed by atoms with Gasteiger partial charge in [0.05, 0.1) is 25.0 Å². The van der Waals surface area contributed by atoms with Gasteiger partial charge in [0.15, 0.2) is 5.11 Å². The molecule has 1 heterocycles. The highest BCUT2D eigenvalue weighted by atomic mass is 35.5. The van der Waals surface area contributed by atoms with Crippen LogP contribution in [0.25, 0.3) is 0 Å². The Morgan fingerprint density at radius 2 is 2.24 bits per heavy atom. The Bertz CT molecular complexity index is 602. The largest absolute Gasteiger partial charge is 0.383 e. The van der Waals surface area contributed by atoms with Crippen molar-refractivity contribution in [3.8, 4) is 0 Å². The Kier molecular flexibility index (Phi) is 5.98. The van der Waals surface area contributed by atoms with Crippen molar-refractivity contribution in [2.24, 2.45) is 0 Å². The molecule has 0 amide bonds. The van der Waals surface area contributed by atoms with Crippen molar-refractivity contribution in [1.82, 2.24) is 15.1 Å². The lowest BCUT2D eigenvalue weighted by atomic mass is 10.2. The molecular weight excluding hydrogens is 308 g/mol. The summed E-state index contributed by atoms with van der Waals surface area (Å²) in [5, 5.41) is 11.7. The van der Waals surface area contributed by atoms with Crippen LogP contribution < -0.4 is 10.6 Å². The summed E-state index contributed by atoms with van der Waals surface area (Å²) < 4.78 is 6.75. The maximum Gasteiger partial charge on any atom is 0.170 e. The minimum Gasteiger partial charge on any atom is -0.383 e. The zero-order chi connectivity index (χ0) is 15.1. The molecule has 0 saturated carbocycles. The van der Waals surface area contributed by atoms with Crippen LogP contribution in [0.5, 0.6) is 0 Å². The first-order valence-electron chi connectivity index (χ1n) is 6.48. The van der Waals surface area contributed by atoms with E-state index in [-0.39, 0.29) is 0 Å². The van der Waals surface area contributed by atoms with Gasteiger partial charge in [-0.2, -0.15) is 5.10 Å². The second-order valence-electron chi connectivity index (χ2n) is 4.39. The molecule has 7 heteroatoms. The van der Waals surface area contributed by atoms with Crippen molar-refractivity contribution in [1.29, 1.82) is 0 Å². The van der Waals surface area contributed by atoms with Gasteiger partial charge in [-0.15, -0.1) is 0 Å². The number of aromatic nitrogens is 2. The Hall–Kier alpha value is -1.63. The molecule has 5 nitrogen and oxygen atoms in total. The highest BCUT2D eigenvalue weighted by molar-refractivity contribution is 7.80. The topological polar surface area (TPSA) is 51.1 Å². The summed E-state index contributed by atoms with van der Waals surface area (Å²) >= 11 is 11.3. The van der Waals surface area contributed by atoms with Gasteiger partial charge in [-0.25, -0.2) is 0 Å². The number of anilines is 1. The van der Waals surface area contributed by atoms with Gasteiger partial charge in [-0.05, 0) is 23.8 Å². The first-order valence-corrected chi connectivity index (χ1v) is 7.27. The van der Waals surface area contributed by atoms with Crippen molar-refractivity contribution in [3.63, 3.8) is 0 Å². The molecule has 0 aliphatic rings. The third kappa shape index (κ3) is 5.00. The van der Waals surface area contributed by atoms with Crippen LogP contribution in [0.2, 0.25) is 5.02 Å². The van der Waals surface area contributed by atoms with Gasteiger partial charge in [0, 0.05) is 24.9 Å². The monoisotopic (exact) mass is 324 g/mol. The molecule has 0 spiro atoms. The van der Waals surface area contributed by atoms with E-state index in [1.165, 1.54) is 0 Å². The van der Waals surface area contributed by atoms with Gasteiger partial charge in [-0.3, -0.25) is 4.68 Å². The second kappa shape index (κ2) is 7.97. The minimum absolute atomic E-state index is 0.546. The number of hydrogen-bond acceptors (Lipinski definition) is 3. The Morgan fingerprint density at radius 1 is 1.43 bits per heavy atom. The van der Waals surface area contributed by atoms with E-state index in [1.807, 2.05) is 30.5 Å².